The average molecular weight is 470 g/mol. The smallest absolute Gasteiger partial charge is 0.315 e. The summed E-state index contributed by atoms with van der Waals surface area (Å²) in [5.74, 6) is -1.12. The van der Waals surface area contributed by atoms with Crippen LogP contribution in [0, 0.1) is 0 Å². The van der Waals surface area contributed by atoms with Gasteiger partial charge in [-0.05, 0) is 24.5 Å². The largest absolute Gasteiger partial charge is 0.489 e. The average Bonchev–Trinajstić information content (AvgIpc) is 2.66. The summed E-state index contributed by atoms with van der Waals surface area (Å²) in [6.45, 7) is 1.61. The second kappa shape index (κ2) is 8.98. The molecule has 0 unspecified atom stereocenters. The molecular formula is C19H19IO6. The first-order valence-corrected chi connectivity index (χ1v) is 8.81. The minimum absolute atomic E-state index is 0.0650. The Labute approximate surface area is 165 Å². The minimum Gasteiger partial charge on any atom is -0.489 e. The summed E-state index contributed by atoms with van der Waals surface area (Å²) in [5.41, 5.74) is 2.57. The number of methoxy groups -OCH3 is 2. The third kappa shape index (κ3) is 4.32. The first kappa shape index (κ1) is 20.2. The molecule has 6 nitrogen and oxygen atoms in total. The summed E-state index contributed by atoms with van der Waals surface area (Å²) in [7, 11) is 2.67. The topological polar surface area (TPSA) is 78.9 Å². The summed E-state index contributed by atoms with van der Waals surface area (Å²) >= 11 is 1.56. The Morgan fingerprint density at radius 3 is 2.27 bits per heavy atom. The van der Waals surface area contributed by atoms with Crippen molar-refractivity contribution in [3.63, 3.8) is 0 Å². The number of rotatable bonds is 7. The van der Waals surface area contributed by atoms with Crippen LogP contribution in [-0.4, -0.2) is 31.8 Å². The van der Waals surface area contributed by atoms with E-state index in [9.17, 15) is 14.4 Å². The van der Waals surface area contributed by atoms with Crippen LogP contribution in [0.3, 0.4) is 0 Å². The fraction of sp³-hybridized carbons (Fsp3) is 0.316. The zero-order valence-electron chi connectivity index (χ0n) is 14.8. The van der Waals surface area contributed by atoms with Crippen LogP contribution >= 0.6 is 23.0 Å². The molecule has 0 fully saturated rings. The maximum Gasteiger partial charge on any atom is 0.315 e. The molecular weight excluding hydrogens is 451 g/mol. The maximum absolute atomic E-state index is 12.7. The molecule has 7 heteroatoms. The van der Waals surface area contributed by atoms with Gasteiger partial charge in [0.2, 0.25) is 23.1 Å². The third-order valence-electron chi connectivity index (χ3n) is 4.17. The van der Waals surface area contributed by atoms with Crippen LogP contribution in [-0.2, 0) is 39.8 Å². The monoisotopic (exact) mass is 470 g/mol. The highest BCUT2D eigenvalue weighted by Crippen LogP contribution is 2.28. The van der Waals surface area contributed by atoms with Crippen molar-refractivity contribution in [3.8, 4) is 0 Å². The Bertz CT molecular complexity index is 806. The van der Waals surface area contributed by atoms with Crippen molar-refractivity contribution in [1.29, 1.82) is 0 Å². The molecule has 0 amide bonds. The number of hydrogen-bond donors (Lipinski definition) is 0. The van der Waals surface area contributed by atoms with Crippen molar-refractivity contribution in [3.05, 3.63) is 58.1 Å². The van der Waals surface area contributed by atoms with E-state index in [2.05, 4.69) is 3.07 Å². The van der Waals surface area contributed by atoms with E-state index >= 15 is 0 Å². The molecule has 0 saturated carbocycles. The van der Waals surface area contributed by atoms with Crippen LogP contribution in [0.25, 0.3) is 0 Å². The lowest BCUT2D eigenvalue weighted by Gasteiger charge is -2.20. The normalized spacial score (nSPS) is 14.6. The SMILES string of the molecule is COC1=C(OC)C(=O)C(Cc2cccc(CCC(=O)OI)c2)=C(C)C1=O. The van der Waals surface area contributed by atoms with Crippen LogP contribution in [0.2, 0.25) is 0 Å². The maximum atomic E-state index is 12.7. The van der Waals surface area contributed by atoms with Crippen molar-refractivity contribution in [2.24, 2.45) is 0 Å². The molecule has 0 heterocycles. The van der Waals surface area contributed by atoms with E-state index in [-0.39, 0.29) is 35.5 Å². The first-order valence-electron chi connectivity index (χ1n) is 7.93. The van der Waals surface area contributed by atoms with Crippen molar-refractivity contribution in [1.82, 2.24) is 0 Å². The van der Waals surface area contributed by atoms with Crippen LogP contribution in [0.15, 0.2) is 46.9 Å². The van der Waals surface area contributed by atoms with Gasteiger partial charge in [-0.2, -0.15) is 0 Å². The second-order valence-corrected chi connectivity index (χ2v) is 6.21. The molecule has 0 bridgehead atoms. The van der Waals surface area contributed by atoms with Gasteiger partial charge >= 0.3 is 5.97 Å². The number of hydrogen-bond acceptors (Lipinski definition) is 6. The van der Waals surface area contributed by atoms with Crippen molar-refractivity contribution in [2.75, 3.05) is 14.2 Å². The van der Waals surface area contributed by atoms with Crippen molar-refractivity contribution < 1.29 is 26.9 Å². The molecule has 0 saturated heterocycles. The summed E-state index contributed by atoms with van der Waals surface area (Å²) in [6, 6.07) is 7.56. The summed E-state index contributed by atoms with van der Waals surface area (Å²) < 4.78 is 14.7. The van der Waals surface area contributed by atoms with Gasteiger partial charge in [0.15, 0.2) is 23.0 Å². The first-order chi connectivity index (χ1) is 12.4. The Kier molecular flexibility index (Phi) is 6.96. The van der Waals surface area contributed by atoms with E-state index in [0.29, 0.717) is 24.0 Å². The molecule has 26 heavy (non-hydrogen) atoms. The molecule has 0 spiro atoms. The van der Waals surface area contributed by atoms with Gasteiger partial charge in [0.05, 0.1) is 20.6 Å². The number of ether oxygens (including phenoxy) is 2. The molecule has 1 aliphatic rings. The molecule has 0 aliphatic heterocycles. The molecule has 138 valence electrons. The van der Waals surface area contributed by atoms with Gasteiger partial charge in [0.25, 0.3) is 0 Å². The molecule has 1 aromatic carbocycles. The highest BCUT2D eigenvalue weighted by molar-refractivity contribution is 14.1. The Morgan fingerprint density at radius 1 is 1.04 bits per heavy atom. The number of allylic oxidation sites excluding steroid dienone is 2. The Morgan fingerprint density at radius 2 is 1.65 bits per heavy atom. The molecule has 0 aromatic heterocycles. The number of carbonyl (C=O) groups is 3. The Balaban J connectivity index is 2.25. The van der Waals surface area contributed by atoms with E-state index in [1.165, 1.54) is 14.2 Å². The van der Waals surface area contributed by atoms with E-state index in [4.69, 9.17) is 9.47 Å². The standard InChI is InChI=1S/C19H19IO6/c1-11-14(17(23)19(25-3)18(24-2)16(11)22)10-13-6-4-5-12(9-13)7-8-15(21)26-20/h4-6,9H,7-8,10H2,1-3H3. The predicted molar refractivity (Wildman–Crippen MR) is 102 cm³/mol. The van der Waals surface area contributed by atoms with Gasteiger partial charge in [-0.25, -0.2) is 0 Å². The highest BCUT2D eigenvalue weighted by atomic mass is 127. The van der Waals surface area contributed by atoms with Gasteiger partial charge < -0.3 is 12.5 Å². The lowest BCUT2D eigenvalue weighted by atomic mass is 9.88. The second-order valence-electron chi connectivity index (χ2n) is 5.77. The number of benzene rings is 1. The Hall–Kier alpha value is -2.16. The van der Waals surface area contributed by atoms with Crippen molar-refractivity contribution in [2.45, 2.75) is 26.2 Å². The number of ketones is 2. The highest BCUT2D eigenvalue weighted by Gasteiger charge is 2.34. The third-order valence-corrected chi connectivity index (χ3v) is 4.66. The van der Waals surface area contributed by atoms with Gasteiger partial charge in [-0.3, -0.25) is 14.4 Å². The number of halogens is 1. The molecule has 1 aromatic rings. The van der Waals surface area contributed by atoms with Crippen LogP contribution < -0.4 is 0 Å². The lowest BCUT2D eigenvalue weighted by molar-refractivity contribution is -0.131. The van der Waals surface area contributed by atoms with Gasteiger partial charge in [-0.1, -0.05) is 24.3 Å². The fourth-order valence-corrected chi connectivity index (χ4v) is 3.01. The molecule has 0 radical (unpaired) electrons. The zero-order chi connectivity index (χ0) is 19.3. The van der Waals surface area contributed by atoms with E-state index < -0.39 is 0 Å². The predicted octanol–water partition coefficient (Wildman–Crippen LogP) is 3.03. The number of carbonyl (C=O) groups excluding carboxylic acids is 3. The van der Waals surface area contributed by atoms with Gasteiger partial charge in [0, 0.05) is 17.6 Å². The van der Waals surface area contributed by atoms with E-state index in [1.807, 2.05) is 24.3 Å². The summed E-state index contributed by atoms with van der Waals surface area (Å²) in [6.07, 6.45) is 1.11. The summed E-state index contributed by atoms with van der Waals surface area (Å²) in [4.78, 5) is 36.4. The van der Waals surface area contributed by atoms with E-state index in [1.54, 1.807) is 29.9 Å². The van der Waals surface area contributed by atoms with Crippen LogP contribution in [0.1, 0.15) is 24.5 Å². The molecule has 0 N–H and O–H groups in total. The van der Waals surface area contributed by atoms with Crippen LogP contribution in [0.4, 0.5) is 0 Å². The van der Waals surface area contributed by atoms with E-state index in [0.717, 1.165) is 11.1 Å². The minimum atomic E-state index is -0.347. The van der Waals surface area contributed by atoms with Gasteiger partial charge in [0.1, 0.15) is 0 Å². The van der Waals surface area contributed by atoms with Crippen LogP contribution in [0.5, 0.6) is 0 Å². The molecule has 2 rings (SSSR count). The van der Waals surface area contributed by atoms with Gasteiger partial charge in [-0.15, -0.1) is 0 Å². The molecule has 0 atom stereocenters. The number of aryl methyl sites for hydroxylation is 1. The summed E-state index contributed by atoms with van der Waals surface area (Å²) in [5, 5.41) is 0. The molecule has 1 aliphatic carbocycles. The fourth-order valence-electron chi connectivity index (χ4n) is 2.79. The quantitative estimate of drug-likeness (QED) is 0.451. The number of Topliss-reactive ketones (excluding diaryl/α,β-unsaturated/α-hetero) is 2. The van der Waals surface area contributed by atoms with Crippen molar-refractivity contribution >= 4 is 40.5 Å². The zero-order valence-corrected chi connectivity index (χ0v) is 16.9. The lowest BCUT2D eigenvalue weighted by Crippen LogP contribution is -2.26.